The standard InChI is InChI=1S/C17H19N3O2/c1-2-11-22-16-6-4-3-5-14(16)12-19-20-17(21)13-7-9-15(18)10-8-13/h3-10,12H,2,11,18H2,1H3,(H,20,21)/b19-12-. The summed E-state index contributed by atoms with van der Waals surface area (Å²) in [6, 6.07) is 14.2. The van der Waals surface area contributed by atoms with Gasteiger partial charge < -0.3 is 10.5 Å². The minimum atomic E-state index is -0.289. The fraction of sp³-hybridized carbons (Fsp3) is 0.176. The number of hydrogen-bond donors (Lipinski definition) is 2. The highest BCUT2D eigenvalue weighted by Gasteiger charge is 2.04. The lowest BCUT2D eigenvalue weighted by atomic mass is 10.2. The molecule has 114 valence electrons. The van der Waals surface area contributed by atoms with E-state index in [4.69, 9.17) is 10.5 Å². The van der Waals surface area contributed by atoms with Gasteiger partial charge in [-0.1, -0.05) is 19.1 Å². The Morgan fingerprint density at radius 1 is 1.23 bits per heavy atom. The molecule has 0 aliphatic carbocycles. The van der Waals surface area contributed by atoms with Gasteiger partial charge in [-0.15, -0.1) is 0 Å². The quantitative estimate of drug-likeness (QED) is 0.489. The number of carbonyl (C=O) groups is 1. The van der Waals surface area contributed by atoms with Crippen LogP contribution in [0.2, 0.25) is 0 Å². The molecule has 22 heavy (non-hydrogen) atoms. The Kier molecular flexibility index (Phi) is 5.54. The van der Waals surface area contributed by atoms with Gasteiger partial charge >= 0.3 is 0 Å². The molecule has 0 aliphatic heterocycles. The summed E-state index contributed by atoms with van der Waals surface area (Å²) in [5, 5.41) is 3.97. The Morgan fingerprint density at radius 3 is 2.68 bits per heavy atom. The lowest BCUT2D eigenvalue weighted by Crippen LogP contribution is -2.17. The topological polar surface area (TPSA) is 76.7 Å². The summed E-state index contributed by atoms with van der Waals surface area (Å²) in [4.78, 5) is 11.9. The average molecular weight is 297 g/mol. The van der Waals surface area contributed by atoms with Crippen LogP contribution in [-0.2, 0) is 0 Å². The highest BCUT2D eigenvalue weighted by molar-refractivity contribution is 5.95. The van der Waals surface area contributed by atoms with E-state index < -0.39 is 0 Å². The van der Waals surface area contributed by atoms with Crippen LogP contribution in [0.15, 0.2) is 53.6 Å². The van der Waals surface area contributed by atoms with Crippen LogP contribution in [0.25, 0.3) is 0 Å². The van der Waals surface area contributed by atoms with Crippen LogP contribution in [0.4, 0.5) is 5.69 Å². The second kappa shape index (κ2) is 7.83. The number of nitrogens with zero attached hydrogens (tertiary/aromatic N) is 1. The fourth-order valence-electron chi connectivity index (χ4n) is 1.79. The molecule has 0 aromatic heterocycles. The van der Waals surface area contributed by atoms with Gasteiger partial charge in [0.1, 0.15) is 5.75 Å². The van der Waals surface area contributed by atoms with Crippen molar-refractivity contribution in [1.82, 2.24) is 5.43 Å². The van der Waals surface area contributed by atoms with E-state index in [1.54, 1.807) is 30.5 Å². The smallest absolute Gasteiger partial charge is 0.271 e. The first-order valence-corrected chi connectivity index (χ1v) is 7.11. The van der Waals surface area contributed by atoms with Crippen molar-refractivity contribution in [3.05, 3.63) is 59.7 Å². The predicted octanol–water partition coefficient (Wildman–Crippen LogP) is 2.82. The van der Waals surface area contributed by atoms with Gasteiger partial charge in [-0.05, 0) is 42.8 Å². The molecule has 5 nitrogen and oxygen atoms in total. The highest BCUT2D eigenvalue weighted by Crippen LogP contribution is 2.15. The number of anilines is 1. The lowest BCUT2D eigenvalue weighted by Gasteiger charge is -2.07. The first-order valence-electron chi connectivity index (χ1n) is 7.11. The van der Waals surface area contributed by atoms with Crippen molar-refractivity contribution in [2.75, 3.05) is 12.3 Å². The molecular formula is C17H19N3O2. The number of ether oxygens (including phenoxy) is 1. The van der Waals surface area contributed by atoms with E-state index in [0.717, 1.165) is 17.7 Å². The largest absolute Gasteiger partial charge is 0.493 e. The molecule has 0 atom stereocenters. The third-order valence-corrected chi connectivity index (χ3v) is 2.92. The van der Waals surface area contributed by atoms with Crippen LogP contribution in [0.5, 0.6) is 5.75 Å². The number of hydrogen-bond acceptors (Lipinski definition) is 4. The number of rotatable bonds is 6. The van der Waals surface area contributed by atoms with E-state index in [1.807, 2.05) is 31.2 Å². The van der Waals surface area contributed by atoms with Crippen molar-refractivity contribution in [3.63, 3.8) is 0 Å². The van der Waals surface area contributed by atoms with Crippen molar-refractivity contribution < 1.29 is 9.53 Å². The van der Waals surface area contributed by atoms with Crippen molar-refractivity contribution in [3.8, 4) is 5.75 Å². The number of para-hydroxylation sites is 1. The van der Waals surface area contributed by atoms with Crippen molar-refractivity contribution in [1.29, 1.82) is 0 Å². The van der Waals surface area contributed by atoms with Crippen molar-refractivity contribution in [2.24, 2.45) is 5.10 Å². The highest BCUT2D eigenvalue weighted by atomic mass is 16.5. The van der Waals surface area contributed by atoms with E-state index in [-0.39, 0.29) is 5.91 Å². The van der Waals surface area contributed by atoms with Crippen molar-refractivity contribution >= 4 is 17.8 Å². The minimum Gasteiger partial charge on any atom is -0.493 e. The summed E-state index contributed by atoms with van der Waals surface area (Å²) in [5.74, 6) is 0.457. The molecule has 0 unspecified atom stereocenters. The van der Waals surface area contributed by atoms with Crippen LogP contribution in [0, 0.1) is 0 Å². The number of carbonyl (C=O) groups excluding carboxylic acids is 1. The Morgan fingerprint density at radius 2 is 1.95 bits per heavy atom. The third-order valence-electron chi connectivity index (χ3n) is 2.92. The van der Waals surface area contributed by atoms with E-state index in [0.29, 0.717) is 17.9 Å². The molecule has 5 heteroatoms. The fourth-order valence-corrected chi connectivity index (χ4v) is 1.79. The maximum absolute atomic E-state index is 11.9. The first kappa shape index (κ1) is 15.6. The van der Waals surface area contributed by atoms with Gasteiger partial charge in [0, 0.05) is 16.8 Å². The normalized spacial score (nSPS) is 10.6. The number of nitrogens with one attached hydrogen (secondary N) is 1. The van der Waals surface area contributed by atoms with Crippen LogP contribution in [-0.4, -0.2) is 18.7 Å². The van der Waals surface area contributed by atoms with Crippen LogP contribution >= 0.6 is 0 Å². The summed E-state index contributed by atoms with van der Waals surface area (Å²) in [6.45, 7) is 2.69. The third kappa shape index (κ3) is 4.34. The molecule has 2 aromatic carbocycles. The van der Waals surface area contributed by atoms with Gasteiger partial charge in [0.2, 0.25) is 0 Å². The molecule has 3 N–H and O–H groups in total. The number of nitrogen functional groups attached to an aromatic ring is 1. The summed E-state index contributed by atoms with van der Waals surface area (Å²) in [5.41, 5.74) is 10.00. The van der Waals surface area contributed by atoms with E-state index in [1.165, 1.54) is 0 Å². The minimum absolute atomic E-state index is 0.289. The molecule has 0 aliphatic rings. The van der Waals surface area contributed by atoms with Crippen molar-refractivity contribution in [2.45, 2.75) is 13.3 Å². The molecular weight excluding hydrogens is 278 g/mol. The van der Waals surface area contributed by atoms with Crippen LogP contribution < -0.4 is 15.9 Å². The van der Waals surface area contributed by atoms with Gasteiger partial charge in [0.05, 0.1) is 12.8 Å². The molecule has 0 bridgehead atoms. The maximum atomic E-state index is 11.9. The summed E-state index contributed by atoms with van der Waals surface area (Å²) in [7, 11) is 0. The summed E-state index contributed by atoms with van der Waals surface area (Å²) < 4.78 is 5.62. The average Bonchev–Trinajstić information content (AvgIpc) is 2.54. The molecule has 2 rings (SSSR count). The monoisotopic (exact) mass is 297 g/mol. The zero-order chi connectivity index (χ0) is 15.8. The maximum Gasteiger partial charge on any atom is 0.271 e. The molecule has 0 heterocycles. The molecule has 0 spiro atoms. The van der Waals surface area contributed by atoms with Gasteiger partial charge in [-0.25, -0.2) is 5.43 Å². The predicted molar refractivity (Wildman–Crippen MR) is 88.1 cm³/mol. The molecule has 0 radical (unpaired) electrons. The number of hydrazone groups is 1. The molecule has 0 saturated carbocycles. The Balaban J connectivity index is 2.00. The van der Waals surface area contributed by atoms with E-state index >= 15 is 0 Å². The second-order valence-corrected chi connectivity index (χ2v) is 4.71. The molecule has 0 fully saturated rings. The second-order valence-electron chi connectivity index (χ2n) is 4.71. The van der Waals surface area contributed by atoms with Gasteiger partial charge in [0.15, 0.2) is 0 Å². The summed E-state index contributed by atoms with van der Waals surface area (Å²) >= 11 is 0. The van der Waals surface area contributed by atoms with E-state index in [9.17, 15) is 4.79 Å². The SMILES string of the molecule is CCCOc1ccccc1/C=N\NC(=O)c1ccc(N)cc1. The molecule has 1 amide bonds. The summed E-state index contributed by atoms with van der Waals surface area (Å²) in [6.07, 6.45) is 2.50. The zero-order valence-corrected chi connectivity index (χ0v) is 12.5. The first-order chi connectivity index (χ1) is 10.7. The van der Waals surface area contributed by atoms with Gasteiger partial charge in [-0.2, -0.15) is 5.10 Å². The number of amides is 1. The Labute approximate surface area is 129 Å². The number of benzene rings is 2. The van der Waals surface area contributed by atoms with Gasteiger partial charge in [0.25, 0.3) is 5.91 Å². The Hall–Kier alpha value is -2.82. The van der Waals surface area contributed by atoms with Gasteiger partial charge in [-0.3, -0.25) is 4.79 Å². The van der Waals surface area contributed by atoms with Crippen LogP contribution in [0.1, 0.15) is 29.3 Å². The number of nitrogens with two attached hydrogens (primary N) is 1. The van der Waals surface area contributed by atoms with Crippen LogP contribution in [0.3, 0.4) is 0 Å². The molecule has 0 saturated heterocycles. The lowest BCUT2D eigenvalue weighted by molar-refractivity contribution is 0.0955. The Bertz CT molecular complexity index is 651. The zero-order valence-electron chi connectivity index (χ0n) is 12.5. The molecule has 2 aromatic rings. The van der Waals surface area contributed by atoms with E-state index in [2.05, 4.69) is 10.5 Å².